The van der Waals surface area contributed by atoms with Gasteiger partial charge in [0.15, 0.2) is 12.4 Å². The van der Waals surface area contributed by atoms with E-state index in [1.165, 1.54) is 12.4 Å². The molecule has 0 bridgehead atoms. The standard InChI is InChI=1S/C14H20N2O3/c1-14(2,3)19-13(17)15-9-5-4-7-12-8-6-10-16(18)11-12/h4,6-8,10-11H,5,9H2,1-3H3,(H,15,17). The molecule has 0 atom stereocenters. The normalized spacial score (nSPS) is 11.5. The zero-order valence-corrected chi connectivity index (χ0v) is 11.6. The maximum Gasteiger partial charge on any atom is 0.407 e. The van der Waals surface area contributed by atoms with Crippen LogP contribution in [0.15, 0.2) is 30.6 Å². The Morgan fingerprint density at radius 3 is 2.89 bits per heavy atom. The third-order valence-corrected chi connectivity index (χ3v) is 2.09. The lowest BCUT2D eigenvalue weighted by Gasteiger charge is -2.19. The minimum atomic E-state index is -0.480. The van der Waals surface area contributed by atoms with E-state index in [4.69, 9.17) is 4.74 Å². The molecule has 1 N–H and O–H groups in total. The van der Waals surface area contributed by atoms with Crippen LogP contribution in [-0.4, -0.2) is 18.2 Å². The number of hydrogen-bond donors (Lipinski definition) is 1. The zero-order chi connectivity index (χ0) is 14.3. The molecule has 0 aromatic carbocycles. The number of carbonyl (C=O) groups excluding carboxylic acids is 1. The van der Waals surface area contributed by atoms with Gasteiger partial charge in [0.25, 0.3) is 0 Å². The van der Waals surface area contributed by atoms with E-state index in [-0.39, 0.29) is 0 Å². The maximum atomic E-state index is 11.3. The molecule has 0 aliphatic heterocycles. The van der Waals surface area contributed by atoms with Crippen LogP contribution in [0.1, 0.15) is 32.8 Å². The van der Waals surface area contributed by atoms with Crippen LogP contribution in [-0.2, 0) is 4.74 Å². The summed E-state index contributed by atoms with van der Waals surface area (Å²) < 4.78 is 5.85. The largest absolute Gasteiger partial charge is 0.619 e. The van der Waals surface area contributed by atoms with Gasteiger partial charge in [0, 0.05) is 18.2 Å². The van der Waals surface area contributed by atoms with Crippen molar-refractivity contribution in [2.45, 2.75) is 32.8 Å². The Morgan fingerprint density at radius 2 is 2.26 bits per heavy atom. The van der Waals surface area contributed by atoms with Gasteiger partial charge >= 0.3 is 6.09 Å². The van der Waals surface area contributed by atoms with Crippen LogP contribution in [0.3, 0.4) is 0 Å². The number of carbonyl (C=O) groups is 1. The maximum absolute atomic E-state index is 11.3. The molecule has 1 aromatic rings. The fourth-order valence-corrected chi connectivity index (χ4v) is 1.36. The molecule has 5 heteroatoms. The van der Waals surface area contributed by atoms with Crippen molar-refractivity contribution in [2.75, 3.05) is 6.54 Å². The summed E-state index contributed by atoms with van der Waals surface area (Å²) in [5, 5.41) is 13.7. The number of nitrogens with one attached hydrogen (secondary N) is 1. The summed E-state index contributed by atoms with van der Waals surface area (Å²) in [5.41, 5.74) is 0.348. The second-order valence-corrected chi connectivity index (χ2v) is 5.12. The molecule has 0 aliphatic carbocycles. The quantitative estimate of drug-likeness (QED) is 0.515. The SMILES string of the molecule is CC(C)(C)OC(=O)NCCC=Cc1ccc[n+]([O-])c1. The molecule has 0 fully saturated rings. The van der Waals surface area contributed by atoms with Crippen molar-refractivity contribution >= 4 is 12.2 Å². The lowest BCUT2D eigenvalue weighted by atomic mass is 10.2. The van der Waals surface area contributed by atoms with Gasteiger partial charge in [-0.1, -0.05) is 12.2 Å². The molecule has 0 unspecified atom stereocenters. The predicted octanol–water partition coefficient (Wildman–Crippen LogP) is 2.25. The third-order valence-electron chi connectivity index (χ3n) is 2.09. The van der Waals surface area contributed by atoms with E-state index in [9.17, 15) is 10.0 Å². The van der Waals surface area contributed by atoms with Crippen LogP contribution in [0.25, 0.3) is 6.08 Å². The van der Waals surface area contributed by atoms with Crippen molar-refractivity contribution in [3.05, 3.63) is 41.4 Å². The molecule has 104 valence electrons. The Bertz CT molecular complexity index is 450. The summed E-state index contributed by atoms with van der Waals surface area (Å²) in [5.74, 6) is 0. The number of aromatic nitrogens is 1. The zero-order valence-electron chi connectivity index (χ0n) is 11.6. The van der Waals surface area contributed by atoms with Crippen LogP contribution in [0.4, 0.5) is 4.79 Å². The van der Waals surface area contributed by atoms with Gasteiger partial charge in [-0.15, -0.1) is 0 Å². The van der Waals surface area contributed by atoms with E-state index >= 15 is 0 Å². The summed E-state index contributed by atoms with van der Waals surface area (Å²) in [4.78, 5) is 11.3. The molecule has 0 saturated carbocycles. The first-order valence-corrected chi connectivity index (χ1v) is 6.19. The van der Waals surface area contributed by atoms with Gasteiger partial charge in [-0.05, 0) is 33.3 Å². The molecule has 1 heterocycles. The molecule has 1 amide bonds. The van der Waals surface area contributed by atoms with Gasteiger partial charge < -0.3 is 15.3 Å². The van der Waals surface area contributed by atoms with E-state index in [1.54, 1.807) is 6.07 Å². The van der Waals surface area contributed by atoms with Gasteiger partial charge in [-0.2, -0.15) is 4.73 Å². The van der Waals surface area contributed by atoms with Crippen molar-refractivity contribution in [2.24, 2.45) is 0 Å². The molecule has 1 rings (SSSR count). The number of rotatable bonds is 4. The minimum absolute atomic E-state index is 0.419. The summed E-state index contributed by atoms with van der Waals surface area (Å²) in [6.07, 6.45) is 6.90. The van der Waals surface area contributed by atoms with E-state index in [2.05, 4.69) is 5.32 Å². The van der Waals surface area contributed by atoms with E-state index in [0.717, 1.165) is 10.3 Å². The van der Waals surface area contributed by atoms with Crippen LogP contribution in [0, 0.1) is 5.21 Å². The molecule has 19 heavy (non-hydrogen) atoms. The van der Waals surface area contributed by atoms with Crippen LogP contribution in [0.2, 0.25) is 0 Å². The van der Waals surface area contributed by atoms with Crippen LogP contribution >= 0.6 is 0 Å². The Balaban J connectivity index is 2.26. The number of amides is 1. The summed E-state index contributed by atoms with van der Waals surface area (Å²) in [6.45, 7) is 5.95. The highest BCUT2D eigenvalue weighted by molar-refractivity contribution is 5.67. The number of alkyl carbamates (subject to hydrolysis) is 1. The van der Waals surface area contributed by atoms with Gasteiger partial charge in [0.05, 0.1) is 0 Å². The average molecular weight is 264 g/mol. The van der Waals surface area contributed by atoms with Crippen molar-refractivity contribution in [1.29, 1.82) is 0 Å². The highest BCUT2D eigenvalue weighted by atomic mass is 16.6. The van der Waals surface area contributed by atoms with Crippen LogP contribution in [0.5, 0.6) is 0 Å². The van der Waals surface area contributed by atoms with E-state index in [0.29, 0.717) is 13.0 Å². The Morgan fingerprint density at radius 1 is 1.53 bits per heavy atom. The second kappa shape index (κ2) is 6.78. The Hall–Kier alpha value is -2.04. The van der Waals surface area contributed by atoms with Gasteiger partial charge in [0.1, 0.15) is 5.60 Å². The Kier molecular flexibility index (Phi) is 5.36. The predicted molar refractivity (Wildman–Crippen MR) is 73.3 cm³/mol. The van der Waals surface area contributed by atoms with E-state index < -0.39 is 11.7 Å². The van der Waals surface area contributed by atoms with Crippen LogP contribution < -0.4 is 10.0 Å². The van der Waals surface area contributed by atoms with Gasteiger partial charge in [-0.25, -0.2) is 4.79 Å². The first kappa shape index (κ1) is 15.0. The van der Waals surface area contributed by atoms with Crippen molar-refractivity contribution < 1.29 is 14.3 Å². The van der Waals surface area contributed by atoms with E-state index in [1.807, 2.05) is 39.0 Å². The lowest BCUT2D eigenvalue weighted by Crippen LogP contribution is -2.32. The number of ether oxygens (including phenoxy) is 1. The van der Waals surface area contributed by atoms with Crippen molar-refractivity contribution in [3.8, 4) is 0 Å². The number of nitrogens with zero attached hydrogens (tertiary/aromatic N) is 1. The molecular weight excluding hydrogens is 244 g/mol. The van der Waals surface area contributed by atoms with Crippen molar-refractivity contribution in [1.82, 2.24) is 5.32 Å². The molecule has 0 spiro atoms. The summed E-state index contributed by atoms with van der Waals surface area (Å²) in [7, 11) is 0. The molecule has 1 aromatic heterocycles. The fourth-order valence-electron chi connectivity index (χ4n) is 1.36. The topological polar surface area (TPSA) is 65.3 Å². The monoisotopic (exact) mass is 264 g/mol. The molecule has 0 aliphatic rings. The molecule has 0 radical (unpaired) electrons. The molecule has 0 saturated heterocycles. The average Bonchev–Trinajstić information content (AvgIpc) is 2.26. The number of hydrogen-bond acceptors (Lipinski definition) is 3. The highest BCUT2D eigenvalue weighted by Gasteiger charge is 2.15. The van der Waals surface area contributed by atoms with Crippen molar-refractivity contribution in [3.63, 3.8) is 0 Å². The second-order valence-electron chi connectivity index (χ2n) is 5.12. The number of pyridine rings is 1. The molecular formula is C14H20N2O3. The smallest absolute Gasteiger partial charge is 0.407 e. The first-order chi connectivity index (χ1) is 8.87. The fraction of sp³-hybridized carbons (Fsp3) is 0.429. The Labute approximate surface area is 113 Å². The summed E-state index contributed by atoms with van der Waals surface area (Å²) >= 11 is 0. The minimum Gasteiger partial charge on any atom is -0.619 e. The highest BCUT2D eigenvalue weighted by Crippen LogP contribution is 2.06. The lowest BCUT2D eigenvalue weighted by molar-refractivity contribution is -0.605. The molecule has 5 nitrogen and oxygen atoms in total. The third kappa shape index (κ3) is 7.08. The summed E-state index contributed by atoms with van der Waals surface area (Å²) in [6, 6.07) is 3.53. The first-order valence-electron chi connectivity index (χ1n) is 6.19. The van der Waals surface area contributed by atoms with Gasteiger partial charge in [0.2, 0.25) is 0 Å². The van der Waals surface area contributed by atoms with Gasteiger partial charge in [-0.3, -0.25) is 0 Å².